The Hall–Kier alpha value is -5.81. The van der Waals surface area contributed by atoms with E-state index in [-0.39, 0.29) is 56.0 Å². The predicted molar refractivity (Wildman–Crippen MR) is 257 cm³/mol. The van der Waals surface area contributed by atoms with Crippen molar-refractivity contribution >= 4 is 22.4 Å². The van der Waals surface area contributed by atoms with Gasteiger partial charge in [0, 0.05) is 49.3 Å². The third-order valence-corrected chi connectivity index (χ3v) is 14.0. The molecule has 66 heavy (non-hydrogen) atoms. The van der Waals surface area contributed by atoms with Crippen LogP contribution >= 0.6 is 0 Å². The summed E-state index contributed by atoms with van der Waals surface area (Å²) in [7, 11) is 0. The van der Waals surface area contributed by atoms with Crippen LogP contribution in [0.4, 0.5) is 0 Å². The maximum Gasteiger partial charge on any atom is 0.239 e. The number of allylic oxidation sites excluding steroid dienone is 1. The fourth-order valence-corrected chi connectivity index (χ4v) is 10.9. The molecule has 2 N–H and O–H groups in total. The number of carbonyl (C=O) groups excluding carboxylic acids is 1. The van der Waals surface area contributed by atoms with Gasteiger partial charge >= 0.3 is 0 Å². The van der Waals surface area contributed by atoms with E-state index in [1.807, 2.05) is 73.7 Å². The van der Waals surface area contributed by atoms with Gasteiger partial charge in [0.1, 0.15) is 30.8 Å². The van der Waals surface area contributed by atoms with E-state index >= 15 is 4.79 Å². The fraction of sp³-hybridized carbons (Fsp3) is 0.411. The van der Waals surface area contributed by atoms with Crippen molar-refractivity contribution < 1.29 is 34.1 Å². The number of pyridine rings is 1. The molecule has 2 fully saturated rings. The normalized spacial score (nSPS) is 23.6. The summed E-state index contributed by atoms with van der Waals surface area (Å²) in [4.78, 5) is 28.3. The molecule has 4 aliphatic rings. The summed E-state index contributed by atoms with van der Waals surface area (Å²) in [6.07, 6.45) is 10.9. The molecule has 1 aliphatic heterocycles. The summed E-state index contributed by atoms with van der Waals surface area (Å²) in [5.74, 6) is -0.371. The molecule has 0 saturated heterocycles. The number of carbonyl (C=O) groups is 1. The Balaban J connectivity index is 1.23. The van der Waals surface area contributed by atoms with Gasteiger partial charge < -0.3 is 34.2 Å². The van der Waals surface area contributed by atoms with Gasteiger partial charge in [-0.2, -0.15) is 0 Å². The van der Waals surface area contributed by atoms with E-state index in [2.05, 4.69) is 60.0 Å². The molecule has 3 aliphatic carbocycles. The molecule has 1 amide bonds. The lowest BCUT2D eigenvalue weighted by atomic mass is 9.55. The summed E-state index contributed by atoms with van der Waals surface area (Å²) in [6.45, 7) is 7.47. The van der Waals surface area contributed by atoms with E-state index in [4.69, 9.17) is 29.2 Å². The third kappa shape index (κ3) is 9.68. The van der Waals surface area contributed by atoms with Gasteiger partial charge in [0.15, 0.2) is 0 Å². The number of nitrogens with zero attached hydrogens (tertiary/aromatic N) is 3. The van der Waals surface area contributed by atoms with Crippen molar-refractivity contribution in [1.29, 1.82) is 0 Å². The number of aryl methyl sites for hydroxylation is 1. The molecule has 10 heteroatoms. The Kier molecular flexibility index (Phi) is 14.3. The number of aromatic nitrogens is 1. The largest absolute Gasteiger partial charge is 0.487 e. The van der Waals surface area contributed by atoms with Crippen molar-refractivity contribution in [1.82, 2.24) is 9.88 Å². The Morgan fingerprint density at radius 3 is 2.47 bits per heavy atom. The minimum absolute atomic E-state index is 0.0860. The van der Waals surface area contributed by atoms with Crippen LogP contribution in [0.3, 0.4) is 0 Å². The highest BCUT2D eigenvalue weighted by Crippen LogP contribution is 2.62. The summed E-state index contributed by atoms with van der Waals surface area (Å²) in [6, 6.07) is 36.1. The topological polar surface area (TPSA) is 123 Å². The lowest BCUT2D eigenvalue weighted by Gasteiger charge is -2.60. The number of unbranched alkanes of at least 4 members (excludes halogenated alkanes) is 2. The number of fused-ring (bicyclic) bond motifs is 3. The van der Waals surface area contributed by atoms with Crippen molar-refractivity contribution in [3.8, 4) is 11.5 Å². The van der Waals surface area contributed by atoms with Gasteiger partial charge in [0.05, 0.1) is 23.9 Å². The van der Waals surface area contributed by atoms with Gasteiger partial charge in [-0.05, 0) is 115 Å². The fourth-order valence-electron chi connectivity index (χ4n) is 10.9. The SMILES string of the molecule is C=CCO[C@@]12Oc3ccc(OCc4cccc(C)n4)cc3[C@H]3[C@H](CCCCO)[C@@H](CCCCO)C=C(C(=NOCc4ccccc4)C[C@@H]1N(Cc1cccc4ccccc14)C(=O)C1CC1)[C@H]32. The molecule has 2 heterocycles. The van der Waals surface area contributed by atoms with Crippen molar-refractivity contribution in [2.75, 3.05) is 19.8 Å². The van der Waals surface area contributed by atoms with Crippen LogP contribution < -0.4 is 9.47 Å². The lowest BCUT2D eigenvalue weighted by molar-refractivity contribution is -0.258. The molecule has 0 bridgehead atoms. The summed E-state index contributed by atoms with van der Waals surface area (Å²) in [5.41, 5.74) is 6.62. The van der Waals surface area contributed by atoms with E-state index in [0.29, 0.717) is 43.9 Å². The number of oxime groups is 1. The first-order chi connectivity index (χ1) is 32.4. The molecular formula is C56H63N3O7. The number of hydrogen-bond acceptors (Lipinski definition) is 9. The van der Waals surface area contributed by atoms with Gasteiger partial charge in [-0.3, -0.25) is 9.78 Å². The average Bonchev–Trinajstić information content (AvgIpc) is 4.20. The molecule has 0 radical (unpaired) electrons. The number of rotatable bonds is 21. The third-order valence-electron chi connectivity index (χ3n) is 14.0. The maximum atomic E-state index is 15.2. The zero-order valence-corrected chi connectivity index (χ0v) is 38.1. The second-order valence-electron chi connectivity index (χ2n) is 18.5. The molecule has 344 valence electrons. The van der Waals surface area contributed by atoms with Crippen molar-refractivity contribution in [2.24, 2.45) is 28.8 Å². The first kappa shape index (κ1) is 45.4. The van der Waals surface area contributed by atoms with Crippen LogP contribution in [-0.2, 0) is 34.1 Å². The standard InChI is InChI=1S/C56H63N3O7/c1-3-31-64-56-52(59(55(62)41-25-26-41)35-43-21-14-20-40-18-7-8-23-46(40)43)34-50(58-65-36-39-16-5-4-6-17-39)48-32-42(19-9-11-29-60)47(24-10-12-30-61)53(54(48)56)49-33-45(27-28-51(49)66-56)63-37-44-22-13-15-38(2)57-44/h3-8,13-18,20-23,27-28,32-33,41-42,47,52-54,60-61H,1,9-12,19,24-26,29-31,34-37H2,2H3/t42-,47+,52-,53+,54+,56+/m0/s1. The van der Waals surface area contributed by atoms with Crippen LogP contribution in [0.1, 0.15) is 91.8 Å². The van der Waals surface area contributed by atoms with E-state index in [9.17, 15) is 10.2 Å². The van der Waals surface area contributed by atoms with E-state index < -0.39 is 17.7 Å². The van der Waals surface area contributed by atoms with Gasteiger partial charge in [0.25, 0.3) is 0 Å². The number of aliphatic hydroxyl groups excluding tert-OH is 2. The van der Waals surface area contributed by atoms with Crippen LogP contribution in [0.2, 0.25) is 0 Å². The highest BCUT2D eigenvalue weighted by molar-refractivity contribution is 6.03. The highest BCUT2D eigenvalue weighted by atomic mass is 16.7. The molecule has 4 aromatic carbocycles. The van der Waals surface area contributed by atoms with Crippen molar-refractivity contribution in [2.45, 2.75) is 102 Å². The van der Waals surface area contributed by atoms with Gasteiger partial charge in [-0.25, -0.2) is 0 Å². The molecule has 1 aromatic heterocycles. The van der Waals surface area contributed by atoms with Crippen molar-refractivity contribution in [3.05, 3.63) is 162 Å². The first-order valence-corrected chi connectivity index (χ1v) is 24.0. The van der Waals surface area contributed by atoms with Crippen molar-refractivity contribution in [3.63, 3.8) is 0 Å². The summed E-state index contributed by atoms with van der Waals surface area (Å²) < 4.78 is 21.4. The van der Waals surface area contributed by atoms with Crippen LogP contribution in [-0.4, -0.2) is 63.4 Å². The minimum Gasteiger partial charge on any atom is -0.487 e. The van der Waals surface area contributed by atoms with Gasteiger partial charge in [0.2, 0.25) is 11.7 Å². The second-order valence-corrected chi connectivity index (χ2v) is 18.5. The maximum absolute atomic E-state index is 15.2. The lowest BCUT2D eigenvalue weighted by Crippen LogP contribution is -2.70. The zero-order chi connectivity index (χ0) is 45.5. The minimum atomic E-state index is -1.36. The second kappa shape index (κ2) is 20.8. The summed E-state index contributed by atoms with van der Waals surface area (Å²) in [5, 5.41) is 27.4. The number of ether oxygens (including phenoxy) is 3. The van der Waals surface area contributed by atoms with Crippen LogP contribution in [0.25, 0.3) is 10.8 Å². The highest BCUT2D eigenvalue weighted by Gasteiger charge is 2.66. The van der Waals surface area contributed by atoms with Crippen LogP contribution in [0, 0.1) is 30.6 Å². The van der Waals surface area contributed by atoms with Gasteiger partial charge in [-0.15, -0.1) is 6.58 Å². The quantitative estimate of drug-likeness (QED) is 0.0424. The first-order valence-electron chi connectivity index (χ1n) is 24.0. The molecule has 0 unspecified atom stereocenters. The smallest absolute Gasteiger partial charge is 0.239 e. The monoisotopic (exact) mass is 889 g/mol. The van der Waals surface area contributed by atoms with Crippen LogP contribution in [0.15, 0.2) is 139 Å². The number of amides is 1. The number of aliphatic hydroxyl groups is 2. The Bertz CT molecular complexity index is 2530. The van der Waals surface area contributed by atoms with E-state index in [1.54, 1.807) is 6.08 Å². The molecule has 6 atom stereocenters. The molecule has 0 spiro atoms. The molecule has 10 nitrogen and oxygen atoms in total. The zero-order valence-electron chi connectivity index (χ0n) is 38.1. The predicted octanol–water partition coefficient (Wildman–Crippen LogP) is 10.4. The average molecular weight is 890 g/mol. The summed E-state index contributed by atoms with van der Waals surface area (Å²) >= 11 is 0. The molecule has 5 aromatic rings. The molecular weight excluding hydrogens is 827 g/mol. The van der Waals surface area contributed by atoms with E-state index in [1.165, 1.54) is 0 Å². The Morgan fingerprint density at radius 2 is 1.68 bits per heavy atom. The molecule has 9 rings (SSSR count). The number of hydrogen-bond donors (Lipinski definition) is 2. The number of benzene rings is 4. The van der Waals surface area contributed by atoms with Crippen LogP contribution in [0.5, 0.6) is 11.5 Å². The Morgan fingerprint density at radius 1 is 0.909 bits per heavy atom. The van der Waals surface area contributed by atoms with Gasteiger partial charge in [-0.1, -0.05) is 109 Å². The molecule has 2 saturated carbocycles. The Labute approximate surface area is 388 Å². The van der Waals surface area contributed by atoms with E-state index in [0.717, 1.165) is 88.7 Å².